The number of carbonyl (C=O) groups is 3. The maximum Gasteiger partial charge on any atom is 0.341 e. The number of rotatable bonds is 9. The van der Waals surface area contributed by atoms with Gasteiger partial charge in [-0.2, -0.15) is 8.78 Å². The molecule has 0 saturated carbocycles. The lowest BCUT2D eigenvalue weighted by atomic mass is 10.0. The predicted octanol–water partition coefficient (Wildman–Crippen LogP) is 3.32. The van der Waals surface area contributed by atoms with Crippen molar-refractivity contribution in [3.8, 4) is 0 Å². The van der Waals surface area contributed by atoms with Crippen LogP contribution in [0.2, 0.25) is 0 Å². The van der Waals surface area contributed by atoms with Crippen LogP contribution in [0.15, 0.2) is 47.4 Å². The smallest absolute Gasteiger partial charge is 0.341 e. The average molecular weight is 465 g/mol. The Morgan fingerprint density at radius 1 is 0.969 bits per heavy atom. The molecule has 2 aromatic carbocycles. The molecule has 170 valence electrons. The number of ether oxygens (including phenoxy) is 1. The number of benzene rings is 2. The van der Waals surface area contributed by atoms with Crippen LogP contribution in [0.3, 0.4) is 0 Å². The maximum absolute atomic E-state index is 12.5. The number of sulfone groups is 1. The third kappa shape index (κ3) is 5.76. The van der Waals surface area contributed by atoms with Crippen molar-refractivity contribution in [2.45, 2.75) is 42.8 Å². The van der Waals surface area contributed by atoms with Crippen molar-refractivity contribution in [3.05, 3.63) is 59.2 Å². The van der Waals surface area contributed by atoms with Gasteiger partial charge < -0.3 is 10.1 Å². The Bertz CT molecular complexity index is 1130. The van der Waals surface area contributed by atoms with Crippen LogP contribution in [0.5, 0.6) is 0 Å². The highest BCUT2D eigenvalue weighted by Crippen LogP contribution is 2.23. The first-order valence-corrected chi connectivity index (χ1v) is 11.4. The van der Waals surface area contributed by atoms with E-state index in [1.807, 2.05) is 12.1 Å². The van der Waals surface area contributed by atoms with Gasteiger partial charge in [0, 0.05) is 17.7 Å². The molecule has 0 radical (unpaired) electrons. The van der Waals surface area contributed by atoms with Gasteiger partial charge in [0.2, 0.25) is 9.84 Å². The van der Waals surface area contributed by atoms with Gasteiger partial charge in [-0.1, -0.05) is 12.1 Å². The number of fused-ring (bicyclic) bond motifs is 1. The number of alkyl halides is 2. The summed E-state index contributed by atoms with van der Waals surface area (Å²) in [5.74, 6) is -5.14. The number of ketones is 1. The van der Waals surface area contributed by atoms with Crippen molar-refractivity contribution >= 4 is 33.2 Å². The molecule has 1 aliphatic rings. The molecule has 0 fully saturated rings. The molecule has 0 aromatic heterocycles. The molecule has 0 aliphatic heterocycles. The Morgan fingerprint density at radius 2 is 1.66 bits per heavy atom. The van der Waals surface area contributed by atoms with Gasteiger partial charge in [-0.15, -0.1) is 0 Å². The molecule has 1 N–H and O–H groups in total. The van der Waals surface area contributed by atoms with Crippen LogP contribution in [0.4, 0.5) is 14.5 Å². The molecule has 0 atom stereocenters. The van der Waals surface area contributed by atoms with E-state index in [4.69, 9.17) is 4.74 Å². The quantitative estimate of drug-likeness (QED) is 0.450. The van der Waals surface area contributed by atoms with Crippen molar-refractivity contribution in [1.82, 2.24) is 0 Å². The minimum atomic E-state index is -4.72. The summed E-state index contributed by atoms with van der Waals surface area (Å²) < 4.78 is 52.6. The SMILES string of the molecule is O=C(COC(=O)CCC(=O)c1ccc2c(c1)CCC2)Nc1ccc(S(=O)(=O)C(F)F)cc1. The van der Waals surface area contributed by atoms with E-state index in [0.29, 0.717) is 5.56 Å². The van der Waals surface area contributed by atoms with E-state index in [-0.39, 0.29) is 24.3 Å². The lowest BCUT2D eigenvalue weighted by Gasteiger charge is -2.08. The molecule has 7 nitrogen and oxygen atoms in total. The molecule has 32 heavy (non-hydrogen) atoms. The van der Waals surface area contributed by atoms with Gasteiger partial charge in [0.1, 0.15) is 0 Å². The number of hydrogen-bond donors (Lipinski definition) is 1. The van der Waals surface area contributed by atoms with Gasteiger partial charge >= 0.3 is 11.7 Å². The van der Waals surface area contributed by atoms with Crippen molar-refractivity contribution in [2.24, 2.45) is 0 Å². The number of aryl methyl sites for hydroxylation is 2. The van der Waals surface area contributed by atoms with Crippen molar-refractivity contribution in [1.29, 1.82) is 0 Å². The molecule has 1 aliphatic carbocycles. The summed E-state index contributed by atoms with van der Waals surface area (Å²) in [5.41, 5.74) is 3.10. The third-order valence-corrected chi connectivity index (χ3v) is 6.44. The first kappa shape index (κ1) is 23.5. The standard InChI is InChI=1S/C22H21F2NO6S/c23-22(24)32(29,30)18-8-6-17(7-9-18)25-20(27)13-31-21(28)11-10-19(26)16-5-4-14-2-1-3-15(14)12-16/h4-9,12,22H,1-3,10-11,13H2,(H,25,27). The second-order valence-electron chi connectivity index (χ2n) is 7.30. The fourth-order valence-electron chi connectivity index (χ4n) is 3.35. The van der Waals surface area contributed by atoms with E-state index in [2.05, 4.69) is 5.32 Å². The zero-order valence-electron chi connectivity index (χ0n) is 17.0. The zero-order valence-corrected chi connectivity index (χ0v) is 17.8. The lowest BCUT2D eigenvalue weighted by molar-refractivity contribution is -0.147. The van der Waals surface area contributed by atoms with Crippen LogP contribution in [0.25, 0.3) is 0 Å². The van der Waals surface area contributed by atoms with E-state index in [1.54, 1.807) is 6.07 Å². The monoisotopic (exact) mass is 465 g/mol. The highest BCUT2D eigenvalue weighted by molar-refractivity contribution is 7.91. The zero-order chi connectivity index (χ0) is 23.3. The van der Waals surface area contributed by atoms with E-state index in [0.717, 1.165) is 49.1 Å². The highest BCUT2D eigenvalue weighted by atomic mass is 32.2. The molecule has 10 heteroatoms. The Balaban J connectivity index is 1.43. The minimum absolute atomic E-state index is 0.0423. The summed E-state index contributed by atoms with van der Waals surface area (Å²) in [6, 6.07) is 9.72. The Labute approximate surface area is 183 Å². The first-order valence-electron chi connectivity index (χ1n) is 9.89. The number of carbonyl (C=O) groups excluding carboxylic acids is 3. The van der Waals surface area contributed by atoms with E-state index in [1.165, 1.54) is 5.56 Å². The van der Waals surface area contributed by atoms with Gasteiger partial charge in [-0.05, 0) is 60.7 Å². The number of esters is 1. The van der Waals surface area contributed by atoms with Crippen molar-refractivity contribution < 1.29 is 36.3 Å². The normalized spacial score (nSPS) is 13.0. The van der Waals surface area contributed by atoms with Crippen LogP contribution in [0.1, 0.15) is 40.7 Å². The summed E-state index contributed by atoms with van der Waals surface area (Å²) in [5, 5.41) is 2.35. The van der Waals surface area contributed by atoms with Gasteiger partial charge in [-0.25, -0.2) is 8.42 Å². The first-order chi connectivity index (χ1) is 15.2. The third-order valence-electron chi connectivity index (χ3n) is 5.04. The topological polar surface area (TPSA) is 107 Å². The molecule has 0 unspecified atom stereocenters. The average Bonchev–Trinajstić information content (AvgIpc) is 3.24. The fraction of sp³-hybridized carbons (Fsp3) is 0.318. The Morgan fingerprint density at radius 3 is 2.34 bits per heavy atom. The molecule has 3 rings (SSSR count). The van der Waals surface area contributed by atoms with Crippen molar-refractivity contribution in [2.75, 3.05) is 11.9 Å². The summed E-state index contributed by atoms with van der Waals surface area (Å²) in [6.45, 7) is -0.608. The molecular weight excluding hydrogens is 444 g/mol. The summed E-state index contributed by atoms with van der Waals surface area (Å²) in [4.78, 5) is 35.4. The number of anilines is 1. The fourth-order valence-corrected chi connectivity index (χ4v) is 4.07. The number of nitrogens with one attached hydrogen (secondary N) is 1. The number of hydrogen-bond acceptors (Lipinski definition) is 6. The molecule has 0 heterocycles. The summed E-state index contributed by atoms with van der Waals surface area (Å²) >= 11 is 0. The largest absolute Gasteiger partial charge is 0.456 e. The van der Waals surface area contributed by atoms with Crippen LogP contribution in [-0.4, -0.2) is 38.4 Å². The van der Waals surface area contributed by atoms with E-state index >= 15 is 0 Å². The second-order valence-corrected chi connectivity index (χ2v) is 9.22. The number of amides is 1. The van der Waals surface area contributed by atoms with Crippen LogP contribution in [-0.2, 0) is 37.0 Å². The Kier molecular flexibility index (Phi) is 7.34. The Hall–Kier alpha value is -3.14. The predicted molar refractivity (Wildman–Crippen MR) is 111 cm³/mol. The highest BCUT2D eigenvalue weighted by Gasteiger charge is 2.26. The lowest BCUT2D eigenvalue weighted by Crippen LogP contribution is -2.21. The maximum atomic E-state index is 12.5. The van der Waals surface area contributed by atoms with E-state index < -0.39 is 39.0 Å². The van der Waals surface area contributed by atoms with Gasteiger partial charge in [-0.3, -0.25) is 14.4 Å². The van der Waals surface area contributed by atoms with Crippen LogP contribution < -0.4 is 5.32 Å². The van der Waals surface area contributed by atoms with Crippen LogP contribution >= 0.6 is 0 Å². The van der Waals surface area contributed by atoms with Gasteiger partial charge in [0.05, 0.1) is 11.3 Å². The minimum Gasteiger partial charge on any atom is -0.456 e. The molecule has 0 spiro atoms. The molecule has 0 bridgehead atoms. The summed E-state index contributed by atoms with van der Waals surface area (Å²) in [7, 11) is -4.72. The van der Waals surface area contributed by atoms with Crippen molar-refractivity contribution in [3.63, 3.8) is 0 Å². The van der Waals surface area contributed by atoms with E-state index in [9.17, 15) is 31.6 Å². The number of halogens is 2. The molecule has 1 amide bonds. The molecular formula is C22H21F2NO6S. The molecule has 0 saturated heterocycles. The van der Waals surface area contributed by atoms with Crippen LogP contribution in [0, 0.1) is 0 Å². The molecule has 2 aromatic rings. The second kappa shape index (κ2) is 9.99. The van der Waals surface area contributed by atoms with Gasteiger partial charge in [0.25, 0.3) is 5.91 Å². The van der Waals surface area contributed by atoms with Gasteiger partial charge in [0.15, 0.2) is 12.4 Å². The summed E-state index contributed by atoms with van der Waals surface area (Å²) in [6.07, 6.45) is 2.80. The number of Topliss-reactive ketones (excluding diaryl/α,β-unsaturated/α-hetero) is 1.